The molecule has 1 atom stereocenters. The maximum absolute atomic E-state index is 12.3. The highest BCUT2D eigenvalue weighted by Crippen LogP contribution is 2.25. The van der Waals surface area contributed by atoms with Gasteiger partial charge in [0.05, 0.1) is 16.7 Å². The van der Waals surface area contributed by atoms with Gasteiger partial charge in [0.2, 0.25) is 5.78 Å². The highest BCUT2D eigenvalue weighted by molar-refractivity contribution is 9.10. The van der Waals surface area contributed by atoms with Gasteiger partial charge >= 0.3 is 0 Å². The molecule has 2 aromatic rings. The molecule has 0 amide bonds. The molecule has 1 heterocycles. The van der Waals surface area contributed by atoms with Crippen molar-refractivity contribution in [2.24, 2.45) is 5.73 Å². The van der Waals surface area contributed by atoms with Gasteiger partial charge in [-0.3, -0.25) is 4.79 Å². The van der Waals surface area contributed by atoms with Crippen LogP contribution in [0.1, 0.15) is 22.0 Å². The summed E-state index contributed by atoms with van der Waals surface area (Å²) in [5.41, 5.74) is 6.59. The van der Waals surface area contributed by atoms with E-state index in [1.54, 1.807) is 6.07 Å². The van der Waals surface area contributed by atoms with E-state index in [0.717, 1.165) is 5.56 Å². The van der Waals surface area contributed by atoms with E-state index in [9.17, 15) is 4.79 Å². The van der Waals surface area contributed by atoms with Crippen LogP contribution in [-0.2, 0) is 0 Å². The van der Waals surface area contributed by atoms with Crippen molar-refractivity contribution in [2.45, 2.75) is 5.92 Å². The van der Waals surface area contributed by atoms with E-state index in [1.165, 1.54) is 6.26 Å². The third kappa shape index (κ3) is 2.48. The smallest absolute Gasteiger partial charge is 0.207 e. The predicted molar refractivity (Wildman–Crippen MR) is 69.0 cm³/mol. The van der Waals surface area contributed by atoms with Crippen molar-refractivity contribution >= 4 is 21.7 Å². The molecule has 0 saturated carbocycles. The van der Waals surface area contributed by atoms with E-state index in [1.807, 2.05) is 30.3 Å². The first-order chi connectivity index (χ1) is 8.24. The molecule has 0 aliphatic rings. The Bertz CT molecular complexity index is 507. The summed E-state index contributed by atoms with van der Waals surface area (Å²) in [6.45, 7) is 0.260. The fraction of sp³-hybridized carbons (Fsp3) is 0.154. The third-order valence-electron chi connectivity index (χ3n) is 2.60. The van der Waals surface area contributed by atoms with Gasteiger partial charge in [0.1, 0.15) is 0 Å². The normalized spacial score (nSPS) is 12.4. The number of rotatable bonds is 4. The van der Waals surface area contributed by atoms with E-state index in [2.05, 4.69) is 15.9 Å². The minimum Gasteiger partial charge on any atom is -0.460 e. The molecule has 1 unspecified atom stereocenters. The van der Waals surface area contributed by atoms with Crippen LogP contribution in [0.4, 0.5) is 0 Å². The maximum Gasteiger partial charge on any atom is 0.207 e. The van der Waals surface area contributed by atoms with Gasteiger partial charge in [-0.2, -0.15) is 0 Å². The van der Waals surface area contributed by atoms with Crippen molar-refractivity contribution in [1.29, 1.82) is 0 Å². The molecule has 0 bridgehead atoms. The lowest BCUT2D eigenvalue weighted by Crippen LogP contribution is -2.21. The molecule has 0 spiro atoms. The number of hydrogen-bond donors (Lipinski definition) is 1. The second-order valence-electron chi connectivity index (χ2n) is 3.66. The second kappa shape index (κ2) is 5.29. The highest BCUT2D eigenvalue weighted by Gasteiger charge is 2.24. The predicted octanol–water partition coefficient (Wildman–Crippen LogP) is 2.97. The molecule has 1 aromatic heterocycles. The summed E-state index contributed by atoms with van der Waals surface area (Å²) in [6.07, 6.45) is 1.48. The van der Waals surface area contributed by atoms with E-state index < -0.39 is 0 Å². The SMILES string of the molecule is NCC(C(=O)c1occc1Br)c1ccccc1. The summed E-state index contributed by atoms with van der Waals surface area (Å²) in [6, 6.07) is 11.2. The largest absolute Gasteiger partial charge is 0.460 e. The van der Waals surface area contributed by atoms with Crippen LogP contribution in [0.25, 0.3) is 0 Å². The molecular weight excluding hydrogens is 282 g/mol. The Morgan fingerprint density at radius 1 is 1.29 bits per heavy atom. The van der Waals surface area contributed by atoms with Crippen LogP contribution in [0.5, 0.6) is 0 Å². The van der Waals surface area contributed by atoms with Crippen LogP contribution < -0.4 is 5.73 Å². The van der Waals surface area contributed by atoms with E-state index in [0.29, 0.717) is 10.2 Å². The number of benzene rings is 1. The van der Waals surface area contributed by atoms with Gasteiger partial charge in [0, 0.05) is 6.54 Å². The van der Waals surface area contributed by atoms with Crippen molar-refractivity contribution < 1.29 is 9.21 Å². The van der Waals surface area contributed by atoms with Crippen molar-refractivity contribution in [3.63, 3.8) is 0 Å². The molecule has 2 rings (SSSR count). The number of hydrogen-bond acceptors (Lipinski definition) is 3. The summed E-state index contributed by atoms with van der Waals surface area (Å²) in [5, 5.41) is 0. The van der Waals surface area contributed by atoms with Gasteiger partial charge in [0.25, 0.3) is 0 Å². The Hall–Kier alpha value is -1.39. The molecule has 2 N–H and O–H groups in total. The van der Waals surface area contributed by atoms with Gasteiger partial charge in [-0.1, -0.05) is 30.3 Å². The topological polar surface area (TPSA) is 56.2 Å². The van der Waals surface area contributed by atoms with E-state index >= 15 is 0 Å². The molecule has 3 nitrogen and oxygen atoms in total. The highest BCUT2D eigenvalue weighted by atomic mass is 79.9. The third-order valence-corrected chi connectivity index (χ3v) is 3.22. The average molecular weight is 294 g/mol. The van der Waals surface area contributed by atoms with Crippen LogP contribution in [-0.4, -0.2) is 12.3 Å². The van der Waals surface area contributed by atoms with Gasteiger partial charge in [-0.05, 0) is 27.6 Å². The zero-order valence-electron chi connectivity index (χ0n) is 9.10. The Labute approximate surface area is 108 Å². The molecule has 0 radical (unpaired) electrons. The number of furan rings is 1. The Morgan fingerprint density at radius 3 is 2.53 bits per heavy atom. The molecular formula is C13H12BrNO2. The summed E-state index contributed by atoms with van der Waals surface area (Å²) in [4.78, 5) is 12.3. The summed E-state index contributed by atoms with van der Waals surface area (Å²) >= 11 is 3.28. The number of ketones is 1. The Kier molecular flexibility index (Phi) is 3.76. The Balaban J connectivity index is 2.32. The van der Waals surface area contributed by atoms with Crippen LogP contribution in [0.2, 0.25) is 0 Å². The van der Waals surface area contributed by atoms with Crippen LogP contribution in [0.3, 0.4) is 0 Å². The molecule has 88 valence electrons. The second-order valence-corrected chi connectivity index (χ2v) is 4.52. The maximum atomic E-state index is 12.3. The quantitative estimate of drug-likeness (QED) is 0.882. The van der Waals surface area contributed by atoms with Gasteiger partial charge in [0.15, 0.2) is 5.76 Å². The molecule has 0 saturated heterocycles. The zero-order valence-corrected chi connectivity index (χ0v) is 10.7. The van der Waals surface area contributed by atoms with Gasteiger partial charge < -0.3 is 10.2 Å². The van der Waals surface area contributed by atoms with Crippen LogP contribution in [0, 0.1) is 0 Å². The fourth-order valence-electron chi connectivity index (χ4n) is 1.71. The average Bonchev–Trinajstić information content (AvgIpc) is 2.77. The van der Waals surface area contributed by atoms with E-state index in [-0.39, 0.29) is 18.2 Å². The number of carbonyl (C=O) groups excluding carboxylic acids is 1. The molecule has 0 aliphatic carbocycles. The lowest BCUT2D eigenvalue weighted by atomic mass is 9.93. The lowest BCUT2D eigenvalue weighted by molar-refractivity contribution is 0.0934. The number of halogens is 1. The number of Topliss-reactive ketones (excluding diaryl/α,β-unsaturated/α-hetero) is 1. The zero-order chi connectivity index (χ0) is 12.3. The van der Waals surface area contributed by atoms with Crippen LogP contribution >= 0.6 is 15.9 Å². The first-order valence-corrected chi connectivity index (χ1v) is 6.05. The van der Waals surface area contributed by atoms with Crippen molar-refractivity contribution in [1.82, 2.24) is 0 Å². The molecule has 17 heavy (non-hydrogen) atoms. The van der Waals surface area contributed by atoms with Gasteiger partial charge in [-0.25, -0.2) is 0 Å². The molecule has 4 heteroatoms. The summed E-state index contributed by atoms with van der Waals surface area (Å²) in [5.74, 6) is -0.140. The van der Waals surface area contributed by atoms with E-state index in [4.69, 9.17) is 10.2 Å². The molecule has 0 fully saturated rings. The van der Waals surface area contributed by atoms with Crippen molar-refractivity contribution in [3.8, 4) is 0 Å². The first kappa shape index (κ1) is 12.1. The number of nitrogens with two attached hydrogens (primary N) is 1. The minimum absolute atomic E-state index is 0.101. The lowest BCUT2D eigenvalue weighted by Gasteiger charge is -2.12. The monoisotopic (exact) mass is 293 g/mol. The minimum atomic E-state index is -0.362. The summed E-state index contributed by atoms with van der Waals surface area (Å²) in [7, 11) is 0. The summed E-state index contributed by atoms with van der Waals surface area (Å²) < 4.78 is 5.84. The molecule has 1 aromatic carbocycles. The van der Waals surface area contributed by atoms with Crippen LogP contribution in [0.15, 0.2) is 51.6 Å². The van der Waals surface area contributed by atoms with Crippen molar-refractivity contribution in [2.75, 3.05) is 6.54 Å². The standard InChI is InChI=1S/C13H12BrNO2/c14-11-6-7-17-13(11)12(16)10(8-15)9-4-2-1-3-5-9/h1-7,10H,8,15H2. The fourth-order valence-corrected chi connectivity index (χ4v) is 2.10. The first-order valence-electron chi connectivity index (χ1n) is 5.26. The van der Waals surface area contributed by atoms with Crippen molar-refractivity contribution in [3.05, 3.63) is 58.5 Å². The van der Waals surface area contributed by atoms with Gasteiger partial charge in [-0.15, -0.1) is 0 Å². The Morgan fingerprint density at radius 2 is 2.00 bits per heavy atom. The molecule has 0 aliphatic heterocycles. The number of carbonyl (C=O) groups is 1.